The zero-order chi connectivity index (χ0) is 44.8. The van der Waals surface area contributed by atoms with Gasteiger partial charge in [-0.15, -0.1) is 0 Å². The van der Waals surface area contributed by atoms with E-state index in [0.717, 1.165) is 25.7 Å². The number of anilines is 6. The quantitative estimate of drug-likeness (QED) is 0.0917. The molecule has 10 rings (SSSR count). The zero-order valence-corrected chi connectivity index (χ0v) is 35.4. The van der Waals surface area contributed by atoms with E-state index in [1.54, 1.807) is 77.1 Å². The van der Waals surface area contributed by atoms with E-state index < -0.39 is 24.4 Å². The molecule has 0 bridgehead atoms. The van der Waals surface area contributed by atoms with Crippen molar-refractivity contribution in [1.82, 2.24) is 49.0 Å². The van der Waals surface area contributed by atoms with Crippen LogP contribution in [0.1, 0.15) is 71.3 Å². The Kier molecular flexibility index (Phi) is 11.5. The summed E-state index contributed by atoms with van der Waals surface area (Å²) < 4.78 is 43.5. The largest absolute Gasteiger partial charge is 0.379 e. The van der Waals surface area contributed by atoms with Crippen LogP contribution < -0.4 is 43.0 Å². The lowest BCUT2D eigenvalue weighted by Gasteiger charge is -2.35. The van der Waals surface area contributed by atoms with Gasteiger partial charge in [0.2, 0.25) is 0 Å². The Labute approximate surface area is 363 Å². The first-order chi connectivity index (χ1) is 31.0. The van der Waals surface area contributed by atoms with Crippen LogP contribution in [0.4, 0.5) is 43.4 Å². The van der Waals surface area contributed by atoms with E-state index in [0.29, 0.717) is 58.5 Å². The van der Waals surface area contributed by atoms with Gasteiger partial charge in [0.25, 0.3) is 22.9 Å². The molecule has 0 aliphatic heterocycles. The molecular weight excluding hydrogens is 835 g/mol. The average molecular weight is 883 g/mol. The summed E-state index contributed by atoms with van der Waals surface area (Å²) in [6, 6.07) is 9.05. The number of nitrogens with zero attached hydrogens (tertiary/aromatic N) is 8. The van der Waals surface area contributed by atoms with Gasteiger partial charge in [-0.1, -0.05) is 0 Å². The maximum atomic E-state index is 13.5. The summed E-state index contributed by atoms with van der Waals surface area (Å²) in [4.78, 5) is 60.3. The highest BCUT2D eigenvalue weighted by atomic mass is 19.1. The van der Waals surface area contributed by atoms with Gasteiger partial charge in [-0.25, -0.2) is 18.7 Å². The van der Waals surface area contributed by atoms with E-state index in [-0.39, 0.29) is 58.6 Å². The molecule has 4 aliphatic rings. The number of aromatic nitrogens is 8. The lowest BCUT2D eigenvalue weighted by atomic mass is 9.89. The molecule has 8 atom stereocenters. The number of ether oxygens (including phenoxy) is 2. The highest BCUT2D eigenvalue weighted by molar-refractivity contribution is 6.01. The standard InChI is InChI=1S/2C21H24FN7O3/c2*1-23-18-9-17(25-14-4-3-7-28(21(14)31)15-8-12(15)22)27-19-11(10-24-29(18)19)20(30)26-13-5-6-16(13)32-2/h2*3-4,7,9-10,12-13,15-16,23H,5-6,8H2,1-2H3,(H,25,27)(H,26,30)/t12-,13+,15-,16+;12-,13-,15-,16-/m11/s1. The van der Waals surface area contributed by atoms with Gasteiger partial charge in [0.05, 0.1) is 48.8 Å². The van der Waals surface area contributed by atoms with Crippen LogP contribution in [0.15, 0.2) is 70.8 Å². The molecule has 0 spiro atoms. The van der Waals surface area contributed by atoms with E-state index in [1.807, 2.05) is 0 Å². The maximum Gasteiger partial charge on any atom is 0.274 e. The molecule has 0 unspecified atom stereocenters. The summed E-state index contributed by atoms with van der Waals surface area (Å²) in [6.45, 7) is 0. The van der Waals surface area contributed by atoms with Crippen LogP contribution in [-0.2, 0) is 9.47 Å². The molecule has 6 heterocycles. The third kappa shape index (κ3) is 8.09. The molecule has 6 aromatic rings. The number of alkyl halides is 2. The molecule has 20 nitrogen and oxygen atoms in total. The van der Waals surface area contributed by atoms with E-state index >= 15 is 0 Å². The van der Waals surface area contributed by atoms with Crippen LogP contribution in [-0.4, -0.2) is 115 Å². The van der Waals surface area contributed by atoms with Gasteiger partial charge in [0.15, 0.2) is 11.3 Å². The highest BCUT2D eigenvalue weighted by Crippen LogP contribution is 2.39. The van der Waals surface area contributed by atoms with Crippen molar-refractivity contribution in [2.45, 2.75) is 87.2 Å². The zero-order valence-electron chi connectivity index (χ0n) is 35.4. The van der Waals surface area contributed by atoms with Crippen LogP contribution >= 0.6 is 0 Å². The summed E-state index contributed by atoms with van der Waals surface area (Å²) in [5, 5.41) is 26.6. The Morgan fingerprint density at radius 3 is 1.41 bits per heavy atom. The van der Waals surface area contributed by atoms with Gasteiger partial charge < -0.3 is 50.5 Å². The number of carbonyl (C=O) groups excluding carboxylic acids is 2. The number of carbonyl (C=O) groups is 2. The third-order valence-electron chi connectivity index (χ3n) is 12.2. The van der Waals surface area contributed by atoms with Gasteiger partial charge in [-0.2, -0.15) is 19.2 Å². The predicted octanol–water partition coefficient (Wildman–Crippen LogP) is 3.73. The lowest BCUT2D eigenvalue weighted by molar-refractivity contribution is 0.00731. The summed E-state index contributed by atoms with van der Waals surface area (Å²) in [5.74, 6) is 1.30. The molecule has 6 aromatic heterocycles. The van der Waals surface area contributed by atoms with Crippen molar-refractivity contribution >= 4 is 57.8 Å². The second kappa shape index (κ2) is 17.3. The molecule has 0 aromatic carbocycles. The smallest absolute Gasteiger partial charge is 0.274 e. The van der Waals surface area contributed by atoms with Crippen molar-refractivity contribution in [2.75, 3.05) is 49.6 Å². The van der Waals surface area contributed by atoms with Crippen molar-refractivity contribution in [3.8, 4) is 0 Å². The molecule has 0 radical (unpaired) electrons. The second-order valence-electron chi connectivity index (χ2n) is 16.2. The number of methoxy groups -OCH3 is 2. The van der Waals surface area contributed by atoms with Crippen LogP contribution in [0, 0.1) is 0 Å². The molecule has 4 aliphatic carbocycles. The first-order valence-corrected chi connectivity index (χ1v) is 21.0. The number of halogens is 2. The molecule has 2 amide bonds. The van der Waals surface area contributed by atoms with E-state index in [1.165, 1.54) is 30.6 Å². The Hall–Kier alpha value is -6.94. The summed E-state index contributed by atoms with van der Waals surface area (Å²) in [6.07, 6.45) is 8.34. The minimum absolute atomic E-state index is 0.00878. The topological polar surface area (TPSA) is 229 Å². The average Bonchev–Trinajstić information content (AvgIpc) is 4.07. The number of pyridine rings is 2. The van der Waals surface area contributed by atoms with Crippen molar-refractivity contribution < 1.29 is 27.8 Å². The lowest BCUT2D eigenvalue weighted by Crippen LogP contribution is -2.51. The summed E-state index contributed by atoms with van der Waals surface area (Å²) >= 11 is 0. The monoisotopic (exact) mass is 882 g/mol. The fourth-order valence-corrected chi connectivity index (χ4v) is 7.94. The molecular formula is C42H48F2N14O6. The first-order valence-electron chi connectivity index (χ1n) is 21.0. The maximum absolute atomic E-state index is 13.5. The Bertz CT molecular complexity index is 2670. The summed E-state index contributed by atoms with van der Waals surface area (Å²) in [7, 11) is 6.71. The van der Waals surface area contributed by atoms with E-state index in [9.17, 15) is 28.0 Å². The SMILES string of the molecule is CNc1cc(Nc2cccn([C@@H]3C[C@H]3F)c2=O)nc2c(C(=O)N[C@@H]3CC[C@H]3OC)cnn12.CNc1cc(Nc2cccn([C@@H]3C[C@H]3F)c2=O)nc2c(C(=O)N[C@H]3CC[C@@H]3OC)cnn12. The molecule has 0 saturated heterocycles. The number of hydrogen-bond acceptors (Lipinski definition) is 14. The van der Waals surface area contributed by atoms with Gasteiger partial charge in [-0.3, -0.25) is 19.2 Å². The Morgan fingerprint density at radius 1 is 0.672 bits per heavy atom. The van der Waals surface area contributed by atoms with Gasteiger partial charge >= 0.3 is 0 Å². The molecule has 6 N–H and O–H groups in total. The molecule has 4 saturated carbocycles. The van der Waals surface area contributed by atoms with Gasteiger partial charge in [-0.05, 0) is 49.9 Å². The van der Waals surface area contributed by atoms with Crippen molar-refractivity contribution in [2.24, 2.45) is 0 Å². The van der Waals surface area contributed by atoms with Crippen LogP contribution in [0.25, 0.3) is 11.3 Å². The number of amides is 2. The predicted molar refractivity (Wildman–Crippen MR) is 233 cm³/mol. The van der Waals surface area contributed by atoms with Crippen molar-refractivity contribution in [3.05, 3.63) is 93.0 Å². The van der Waals surface area contributed by atoms with Gasteiger partial charge in [0, 0.05) is 65.7 Å². The van der Waals surface area contributed by atoms with E-state index in [4.69, 9.17) is 9.47 Å². The summed E-state index contributed by atoms with van der Waals surface area (Å²) in [5.41, 5.74) is 1.20. The van der Waals surface area contributed by atoms with Crippen LogP contribution in [0.3, 0.4) is 0 Å². The fourth-order valence-electron chi connectivity index (χ4n) is 7.94. The number of rotatable bonds is 14. The Morgan fingerprint density at radius 2 is 1.08 bits per heavy atom. The fraction of sp³-hybridized carbons (Fsp3) is 0.429. The molecule has 336 valence electrons. The van der Waals surface area contributed by atoms with Crippen LogP contribution in [0.2, 0.25) is 0 Å². The highest BCUT2D eigenvalue weighted by Gasteiger charge is 2.41. The third-order valence-corrected chi connectivity index (χ3v) is 12.2. The van der Waals surface area contributed by atoms with Crippen molar-refractivity contribution in [1.29, 1.82) is 0 Å². The minimum atomic E-state index is -0.991. The first kappa shape index (κ1) is 42.4. The molecule has 22 heteroatoms. The van der Waals surface area contributed by atoms with Crippen LogP contribution in [0.5, 0.6) is 0 Å². The second-order valence-corrected chi connectivity index (χ2v) is 16.2. The van der Waals surface area contributed by atoms with Crippen molar-refractivity contribution in [3.63, 3.8) is 0 Å². The van der Waals surface area contributed by atoms with E-state index in [2.05, 4.69) is 52.1 Å². The number of fused-ring (bicyclic) bond motifs is 2. The minimum Gasteiger partial charge on any atom is -0.379 e. The normalized spacial score (nSPS) is 24.1. The van der Waals surface area contributed by atoms with Gasteiger partial charge in [0.1, 0.15) is 58.1 Å². The Balaban J connectivity index is 0.000000162. The number of nitrogens with one attached hydrogen (secondary N) is 6. The molecule has 64 heavy (non-hydrogen) atoms. The number of hydrogen-bond donors (Lipinski definition) is 6. The molecule has 4 fully saturated rings.